The van der Waals surface area contributed by atoms with Crippen molar-refractivity contribution in [2.24, 2.45) is 0 Å². The van der Waals surface area contributed by atoms with Crippen LogP contribution in [-0.4, -0.2) is 53.5 Å². The third-order valence-corrected chi connectivity index (χ3v) is 6.36. The molecule has 0 saturated carbocycles. The van der Waals surface area contributed by atoms with Gasteiger partial charge < -0.3 is 14.5 Å². The van der Waals surface area contributed by atoms with Crippen molar-refractivity contribution < 1.29 is 14.3 Å². The molecule has 29 heavy (non-hydrogen) atoms. The predicted octanol–water partition coefficient (Wildman–Crippen LogP) is 4.71. The van der Waals surface area contributed by atoms with Crippen molar-refractivity contribution in [2.45, 2.75) is 12.7 Å². The fraction of sp³-hybridized carbons (Fsp3) is 0.333. The van der Waals surface area contributed by atoms with E-state index in [1.165, 1.54) is 0 Å². The number of benzene rings is 2. The Labute approximate surface area is 184 Å². The van der Waals surface area contributed by atoms with Gasteiger partial charge in [-0.3, -0.25) is 9.59 Å². The fourth-order valence-electron chi connectivity index (χ4n) is 3.00. The van der Waals surface area contributed by atoms with E-state index in [9.17, 15) is 9.59 Å². The Kier molecular flexibility index (Phi) is 7.70. The zero-order chi connectivity index (χ0) is 20.8. The van der Waals surface area contributed by atoms with E-state index in [1.54, 1.807) is 41.8 Å². The number of hydrogen-bond acceptors (Lipinski definition) is 4. The maximum atomic E-state index is 12.5. The largest absolute Gasteiger partial charge is 0.457 e. The molecule has 0 bridgehead atoms. The lowest BCUT2D eigenvalue weighted by molar-refractivity contribution is -0.136. The molecule has 0 radical (unpaired) electrons. The number of rotatable bonds is 6. The van der Waals surface area contributed by atoms with E-state index in [-0.39, 0.29) is 11.8 Å². The minimum absolute atomic E-state index is 0.0602. The van der Waals surface area contributed by atoms with Crippen LogP contribution in [-0.2, 0) is 15.3 Å². The van der Waals surface area contributed by atoms with Gasteiger partial charge in [0.15, 0.2) is 0 Å². The molecule has 0 atom stereocenters. The number of halogens is 2. The van der Waals surface area contributed by atoms with Gasteiger partial charge in [0, 0.05) is 50.5 Å². The average molecular weight is 453 g/mol. The molecule has 1 fully saturated rings. The SMILES string of the molecule is CC(=O)N1CCN(C(=O)CSCc2ccccc2Oc2ccc(Cl)c(Cl)c2)CC1. The summed E-state index contributed by atoms with van der Waals surface area (Å²) in [6.45, 7) is 3.95. The number of ether oxygens (including phenoxy) is 1. The van der Waals surface area contributed by atoms with E-state index < -0.39 is 0 Å². The van der Waals surface area contributed by atoms with Crippen LogP contribution in [0.25, 0.3) is 0 Å². The highest BCUT2D eigenvalue weighted by atomic mass is 35.5. The van der Waals surface area contributed by atoms with Gasteiger partial charge in [-0.15, -0.1) is 11.8 Å². The molecule has 2 aromatic rings. The third-order valence-electron chi connectivity index (χ3n) is 4.65. The molecule has 2 amide bonds. The second-order valence-electron chi connectivity index (χ2n) is 6.67. The first-order valence-corrected chi connectivity index (χ1v) is 11.2. The molecule has 0 aliphatic carbocycles. The molecule has 1 aliphatic rings. The number of para-hydroxylation sites is 1. The zero-order valence-electron chi connectivity index (χ0n) is 16.1. The van der Waals surface area contributed by atoms with Crippen LogP contribution in [0.2, 0.25) is 10.0 Å². The minimum atomic E-state index is 0.0602. The molecule has 0 unspecified atom stereocenters. The Bertz CT molecular complexity index is 886. The van der Waals surface area contributed by atoms with Crippen molar-refractivity contribution >= 4 is 46.8 Å². The lowest BCUT2D eigenvalue weighted by atomic mass is 10.2. The summed E-state index contributed by atoms with van der Waals surface area (Å²) < 4.78 is 5.96. The van der Waals surface area contributed by atoms with Crippen LogP contribution in [0.3, 0.4) is 0 Å². The van der Waals surface area contributed by atoms with Gasteiger partial charge in [-0.1, -0.05) is 41.4 Å². The first kappa shape index (κ1) is 21.8. The maximum Gasteiger partial charge on any atom is 0.232 e. The van der Waals surface area contributed by atoms with E-state index in [4.69, 9.17) is 27.9 Å². The third kappa shape index (κ3) is 6.04. The summed E-state index contributed by atoms with van der Waals surface area (Å²) in [6, 6.07) is 12.9. The van der Waals surface area contributed by atoms with Gasteiger partial charge in [0.2, 0.25) is 11.8 Å². The lowest BCUT2D eigenvalue weighted by Crippen LogP contribution is -2.50. The number of carbonyl (C=O) groups excluding carboxylic acids is 2. The molecule has 0 aromatic heterocycles. The van der Waals surface area contributed by atoms with E-state index in [1.807, 2.05) is 29.2 Å². The monoisotopic (exact) mass is 452 g/mol. The van der Waals surface area contributed by atoms with Crippen molar-refractivity contribution in [3.05, 3.63) is 58.1 Å². The van der Waals surface area contributed by atoms with Gasteiger partial charge in [0.05, 0.1) is 15.8 Å². The molecule has 3 rings (SSSR count). The fourth-order valence-corrected chi connectivity index (χ4v) is 4.21. The lowest BCUT2D eigenvalue weighted by Gasteiger charge is -2.34. The molecule has 154 valence electrons. The Morgan fingerprint density at radius 3 is 2.38 bits per heavy atom. The van der Waals surface area contributed by atoms with Crippen LogP contribution in [0.1, 0.15) is 12.5 Å². The highest BCUT2D eigenvalue weighted by Crippen LogP contribution is 2.32. The van der Waals surface area contributed by atoms with Crippen molar-refractivity contribution in [1.82, 2.24) is 9.80 Å². The number of nitrogens with zero attached hydrogens (tertiary/aromatic N) is 2. The summed E-state index contributed by atoms with van der Waals surface area (Å²) >= 11 is 13.6. The molecular weight excluding hydrogens is 431 g/mol. The van der Waals surface area contributed by atoms with Crippen LogP contribution in [0.5, 0.6) is 11.5 Å². The molecule has 8 heteroatoms. The second-order valence-corrected chi connectivity index (χ2v) is 8.47. The van der Waals surface area contributed by atoms with Gasteiger partial charge in [0.1, 0.15) is 11.5 Å². The van der Waals surface area contributed by atoms with Gasteiger partial charge >= 0.3 is 0 Å². The van der Waals surface area contributed by atoms with Crippen molar-refractivity contribution in [3.8, 4) is 11.5 Å². The topological polar surface area (TPSA) is 49.9 Å². The summed E-state index contributed by atoms with van der Waals surface area (Å²) in [6.07, 6.45) is 0. The molecule has 2 aromatic carbocycles. The summed E-state index contributed by atoms with van der Waals surface area (Å²) in [7, 11) is 0. The van der Waals surface area contributed by atoms with E-state index in [0.29, 0.717) is 53.5 Å². The molecule has 1 heterocycles. The first-order chi connectivity index (χ1) is 13.9. The molecule has 0 N–H and O–H groups in total. The second kappa shape index (κ2) is 10.2. The van der Waals surface area contributed by atoms with Gasteiger partial charge in [-0.2, -0.15) is 0 Å². The van der Waals surface area contributed by atoms with Crippen LogP contribution in [0.15, 0.2) is 42.5 Å². The first-order valence-electron chi connectivity index (χ1n) is 9.26. The number of amides is 2. The Hall–Kier alpha value is -1.89. The maximum absolute atomic E-state index is 12.5. The molecule has 0 spiro atoms. The van der Waals surface area contributed by atoms with Crippen LogP contribution >= 0.6 is 35.0 Å². The smallest absolute Gasteiger partial charge is 0.232 e. The predicted molar refractivity (Wildman–Crippen MR) is 118 cm³/mol. The zero-order valence-corrected chi connectivity index (χ0v) is 18.4. The summed E-state index contributed by atoms with van der Waals surface area (Å²) in [5.41, 5.74) is 0.998. The highest BCUT2D eigenvalue weighted by molar-refractivity contribution is 7.99. The normalized spacial score (nSPS) is 14.0. The van der Waals surface area contributed by atoms with Crippen LogP contribution in [0.4, 0.5) is 0 Å². The summed E-state index contributed by atoms with van der Waals surface area (Å²) in [5, 5.41) is 0.914. The van der Waals surface area contributed by atoms with Gasteiger partial charge in [-0.25, -0.2) is 0 Å². The Balaban J connectivity index is 1.53. The number of thioether (sulfide) groups is 1. The minimum Gasteiger partial charge on any atom is -0.457 e. The summed E-state index contributed by atoms with van der Waals surface area (Å²) in [5.74, 6) is 2.53. The standard InChI is InChI=1S/C21H22Cl2N2O3S/c1-15(26)24-8-10-25(11-9-24)21(27)14-29-13-16-4-2-3-5-20(16)28-17-6-7-18(22)19(23)12-17/h2-7,12H,8-11,13-14H2,1H3. The quantitative estimate of drug-likeness (QED) is 0.636. The molecule has 1 saturated heterocycles. The van der Waals surface area contributed by atoms with Crippen molar-refractivity contribution in [3.63, 3.8) is 0 Å². The van der Waals surface area contributed by atoms with Crippen molar-refractivity contribution in [2.75, 3.05) is 31.9 Å². The molecule has 1 aliphatic heterocycles. The van der Waals surface area contributed by atoms with Gasteiger partial charge in [0.25, 0.3) is 0 Å². The molecule has 5 nitrogen and oxygen atoms in total. The van der Waals surface area contributed by atoms with Crippen molar-refractivity contribution in [1.29, 1.82) is 0 Å². The number of hydrogen-bond donors (Lipinski definition) is 0. The molecular formula is C21H22Cl2N2O3S. The van der Waals surface area contributed by atoms with E-state index in [0.717, 1.165) is 11.3 Å². The highest BCUT2D eigenvalue weighted by Gasteiger charge is 2.22. The number of piperazine rings is 1. The van der Waals surface area contributed by atoms with Gasteiger partial charge in [-0.05, 0) is 18.2 Å². The Morgan fingerprint density at radius 1 is 1.00 bits per heavy atom. The van der Waals surface area contributed by atoms with Crippen LogP contribution in [0, 0.1) is 0 Å². The number of carbonyl (C=O) groups is 2. The Morgan fingerprint density at radius 2 is 1.69 bits per heavy atom. The average Bonchev–Trinajstić information content (AvgIpc) is 2.72. The summed E-state index contributed by atoms with van der Waals surface area (Å²) in [4.78, 5) is 27.4. The van der Waals surface area contributed by atoms with Crippen LogP contribution < -0.4 is 4.74 Å². The van der Waals surface area contributed by atoms with E-state index >= 15 is 0 Å². The van der Waals surface area contributed by atoms with E-state index in [2.05, 4.69) is 0 Å².